The number of methoxy groups -OCH3 is 2. The molecule has 0 aliphatic heterocycles. The number of ketones is 1. The average molecular weight is 439 g/mol. The van der Waals surface area contributed by atoms with Crippen molar-refractivity contribution in [2.45, 2.75) is 51.5 Å². The van der Waals surface area contributed by atoms with Crippen LogP contribution >= 0.6 is 12.4 Å². The lowest BCUT2D eigenvalue weighted by atomic mass is 9.96. The largest absolute Gasteiger partial charge is 0.493 e. The Kier molecular flexibility index (Phi) is 9.88. The number of benzene rings is 1. The number of nitrogens with two attached hydrogens (primary N) is 1. The number of nitrogens with zero attached hydrogens (tertiary/aromatic N) is 1. The van der Waals surface area contributed by atoms with Gasteiger partial charge in [0.05, 0.1) is 26.5 Å². The molecular formula is C23H35ClN2O4. The molecule has 6 nitrogen and oxygen atoms in total. The summed E-state index contributed by atoms with van der Waals surface area (Å²) in [5, 5.41) is 9.36. The summed E-state index contributed by atoms with van der Waals surface area (Å²) < 4.78 is 12.6. The van der Waals surface area contributed by atoms with Crippen LogP contribution in [-0.2, 0) is 19.9 Å². The van der Waals surface area contributed by atoms with Crippen molar-refractivity contribution in [3.05, 3.63) is 46.8 Å². The van der Waals surface area contributed by atoms with Crippen molar-refractivity contribution >= 4 is 18.2 Å². The van der Waals surface area contributed by atoms with Gasteiger partial charge in [0.25, 0.3) is 0 Å². The first kappa shape index (κ1) is 26.0. The molecule has 2 rings (SSSR count). The van der Waals surface area contributed by atoms with E-state index >= 15 is 0 Å². The standard InChI is InChI=1S/C23H34N2O4.ClH/c1-16-13-19(25(3)18(16)11-12-23(2,24)15-26)20(27)8-6-7-17-9-10-21(28-4)22(14-17)29-5;/h9-10,13-14,26H,6-8,11-12,15,24H2,1-5H3;1H/t23-;/m1./s1. The third-order valence-corrected chi connectivity index (χ3v) is 5.47. The molecular weight excluding hydrogens is 404 g/mol. The van der Waals surface area contributed by atoms with Crippen LogP contribution in [0.3, 0.4) is 0 Å². The maximum Gasteiger partial charge on any atom is 0.179 e. The number of hydrogen-bond acceptors (Lipinski definition) is 5. The van der Waals surface area contributed by atoms with Gasteiger partial charge >= 0.3 is 0 Å². The quantitative estimate of drug-likeness (QED) is 0.523. The Morgan fingerprint density at radius 1 is 1.17 bits per heavy atom. The molecule has 3 N–H and O–H groups in total. The molecule has 0 radical (unpaired) electrons. The minimum absolute atomic E-state index is 0. The molecule has 0 saturated carbocycles. The fraction of sp³-hybridized carbons (Fsp3) is 0.522. The second-order valence-electron chi connectivity index (χ2n) is 8.00. The summed E-state index contributed by atoms with van der Waals surface area (Å²) >= 11 is 0. The van der Waals surface area contributed by atoms with Gasteiger partial charge in [-0.05, 0) is 68.9 Å². The normalized spacial score (nSPS) is 12.8. The van der Waals surface area contributed by atoms with E-state index in [1.54, 1.807) is 14.2 Å². The number of aliphatic hydroxyl groups is 1. The van der Waals surface area contributed by atoms with Gasteiger partial charge in [-0.3, -0.25) is 4.79 Å². The van der Waals surface area contributed by atoms with Gasteiger partial charge in [-0.1, -0.05) is 6.07 Å². The fourth-order valence-corrected chi connectivity index (χ4v) is 3.53. The van der Waals surface area contributed by atoms with Crippen molar-refractivity contribution in [2.75, 3.05) is 20.8 Å². The van der Waals surface area contributed by atoms with E-state index in [9.17, 15) is 9.90 Å². The van der Waals surface area contributed by atoms with Crippen LogP contribution in [0.25, 0.3) is 0 Å². The van der Waals surface area contributed by atoms with Crippen LogP contribution < -0.4 is 15.2 Å². The molecule has 1 atom stereocenters. The van der Waals surface area contributed by atoms with Crippen LogP contribution in [0.4, 0.5) is 0 Å². The average Bonchev–Trinajstić information content (AvgIpc) is 2.99. The zero-order valence-corrected chi connectivity index (χ0v) is 19.5. The van der Waals surface area contributed by atoms with E-state index in [-0.39, 0.29) is 24.8 Å². The van der Waals surface area contributed by atoms with E-state index in [0.717, 1.165) is 41.8 Å². The predicted octanol–water partition coefficient (Wildman–Crippen LogP) is 3.62. The summed E-state index contributed by atoms with van der Waals surface area (Å²) in [7, 11) is 5.16. The summed E-state index contributed by atoms with van der Waals surface area (Å²) in [5.74, 6) is 1.54. The van der Waals surface area contributed by atoms with E-state index < -0.39 is 5.54 Å². The molecule has 168 valence electrons. The van der Waals surface area contributed by atoms with Crippen molar-refractivity contribution in [1.29, 1.82) is 0 Å². The van der Waals surface area contributed by atoms with Crippen molar-refractivity contribution in [3.8, 4) is 11.5 Å². The van der Waals surface area contributed by atoms with Crippen molar-refractivity contribution in [1.82, 2.24) is 4.57 Å². The molecule has 1 aromatic carbocycles. The summed E-state index contributed by atoms with van der Waals surface area (Å²) in [6, 6.07) is 7.81. The van der Waals surface area contributed by atoms with Crippen LogP contribution in [0, 0.1) is 6.92 Å². The lowest BCUT2D eigenvalue weighted by Crippen LogP contribution is -2.40. The van der Waals surface area contributed by atoms with Crippen LogP contribution in [0.1, 0.15) is 53.5 Å². The van der Waals surface area contributed by atoms with Crippen LogP contribution in [-0.4, -0.2) is 41.8 Å². The van der Waals surface area contributed by atoms with Crippen molar-refractivity contribution < 1.29 is 19.4 Å². The summed E-state index contributed by atoms with van der Waals surface area (Å²) in [6.45, 7) is 3.80. The smallest absolute Gasteiger partial charge is 0.179 e. The molecule has 0 spiro atoms. The third-order valence-electron chi connectivity index (χ3n) is 5.47. The fourth-order valence-electron chi connectivity index (χ4n) is 3.53. The molecule has 1 heterocycles. The van der Waals surface area contributed by atoms with Crippen molar-refractivity contribution in [3.63, 3.8) is 0 Å². The third kappa shape index (κ3) is 6.49. The number of aliphatic hydroxyl groups excluding tert-OH is 1. The highest BCUT2D eigenvalue weighted by atomic mass is 35.5. The molecule has 0 aliphatic rings. The molecule has 1 aromatic heterocycles. The highest BCUT2D eigenvalue weighted by Gasteiger charge is 2.20. The van der Waals surface area contributed by atoms with Gasteiger partial charge < -0.3 is 24.9 Å². The second kappa shape index (κ2) is 11.4. The molecule has 0 bridgehead atoms. The Labute approximate surface area is 185 Å². The van der Waals surface area contributed by atoms with Gasteiger partial charge in [-0.15, -0.1) is 12.4 Å². The van der Waals surface area contributed by atoms with Gasteiger partial charge in [-0.2, -0.15) is 0 Å². The Balaban J connectivity index is 0.00000450. The highest BCUT2D eigenvalue weighted by Crippen LogP contribution is 2.28. The molecule has 0 amide bonds. The van der Waals surface area contributed by atoms with Crippen molar-refractivity contribution in [2.24, 2.45) is 12.8 Å². The SMILES string of the molecule is COc1ccc(CCCC(=O)c2cc(C)c(CC[C@@](C)(N)CO)n2C)cc1OC.Cl. The number of rotatable bonds is 11. The highest BCUT2D eigenvalue weighted by molar-refractivity contribution is 5.95. The summed E-state index contributed by atoms with van der Waals surface area (Å²) in [4.78, 5) is 12.8. The van der Waals surface area contributed by atoms with E-state index in [2.05, 4.69) is 0 Å². The molecule has 30 heavy (non-hydrogen) atoms. The van der Waals surface area contributed by atoms with E-state index in [4.69, 9.17) is 15.2 Å². The predicted molar refractivity (Wildman–Crippen MR) is 122 cm³/mol. The first-order valence-electron chi connectivity index (χ1n) is 10.0. The van der Waals surface area contributed by atoms with Gasteiger partial charge in [0.15, 0.2) is 17.3 Å². The molecule has 0 unspecified atom stereocenters. The van der Waals surface area contributed by atoms with Gasteiger partial charge in [0, 0.05) is 24.7 Å². The molecule has 0 aliphatic carbocycles. The van der Waals surface area contributed by atoms with Gasteiger partial charge in [-0.25, -0.2) is 0 Å². The lowest BCUT2D eigenvalue weighted by molar-refractivity contribution is 0.0972. The first-order chi connectivity index (χ1) is 13.7. The van der Waals surface area contributed by atoms with E-state index in [1.165, 1.54) is 0 Å². The molecule has 0 fully saturated rings. The number of carbonyl (C=O) groups is 1. The van der Waals surface area contributed by atoms with Crippen LogP contribution in [0.15, 0.2) is 24.3 Å². The van der Waals surface area contributed by atoms with E-state index in [0.29, 0.717) is 24.3 Å². The zero-order chi connectivity index (χ0) is 21.6. The second-order valence-corrected chi connectivity index (χ2v) is 8.00. The zero-order valence-electron chi connectivity index (χ0n) is 18.7. The monoisotopic (exact) mass is 438 g/mol. The summed E-state index contributed by atoms with van der Waals surface area (Å²) in [5.41, 5.74) is 9.47. The van der Waals surface area contributed by atoms with Gasteiger partial charge in [0.1, 0.15) is 0 Å². The number of carbonyl (C=O) groups excluding carboxylic acids is 1. The minimum atomic E-state index is -0.611. The van der Waals surface area contributed by atoms with Crippen LogP contribution in [0.5, 0.6) is 11.5 Å². The maximum absolute atomic E-state index is 12.8. The van der Waals surface area contributed by atoms with Gasteiger partial charge in [0.2, 0.25) is 0 Å². The topological polar surface area (TPSA) is 86.7 Å². The molecule has 0 saturated heterocycles. The number of hydrogen-bond donors (Lipinski definition) is 2. The Bertz CT molecular complexity index is 846. The maximum atomic E-state index is 12.8. The lowest BCUT2D eigenvalue weighted by Gasteiger charge is -2.22. The molecule has 7 heteroatoms. The Morgan fingerprint density at radius 2 is 1.83 bits per heavy atom. The van der Waals surface area contributed by atoms with Crippen LogP contribution in [0.2, 0.25) is 0 Å². The minimum Gasteiger partial charge on any atom is -0.493 e. The molecule has 2 aromatic rings. The Morgan fingerprint density at radius 3 is 2.43 bits per heavy atom. The number of ether oxygens (including phenoxy) is 2. The summed E-state index contributed by atoms with van der Waals surface area (Å²) in [6.07, 6.45) is 3.43. The first-order valence-corrected chi connectivity index (χ1v) is 10.0. The Hall–Kier alpha value is -2.02. The number of halogens is 1. The van der Waals surface area contributed by atoms with E-state index in [1.807, 2.05) is 49.7 Å². The number of Topliss-reactive ketones (excluding diaryl/α,β-unsaturated/α-hetero) is 1. The number of aryl methyl sites for hydroxylation is 2. The number of aromatic nitrogens is 1.